The van der Waals surface area contributed by atoms with Crippen LogP contribution in [0.25, 0.3) is 0 Å². The fraction of sp³-hybridized carbons (Fsp3) is 0.571. The molecule has 0 bridgehead atoms. The van der Waals surface area contributed by atoms with Gasteiger partial charge in [0, 0.05) is 45.6 Å². The predicted octanol–water partition coefficient (Wildman–Crippen LogP) is 8.34. The average Bonchev–Trinajstić information content (AvgIpc) is 2.96. The summed E-state index contributed by atoms with van der Waals surface area (Å²) in [4.78, 5) is 20.2. The third kappa shape index (κ3) is 5.90. The van der Waals surface area contributed by atoms with Crippen LogP contribution in [0, 0.1) is 11.8 Å². The molecule has 1 amide bonds. The summed E-state index contributed by atoms with van der Waals surface area (Å²) in [5.74, 6) is 1.55. The lowest BCUT2D eigenvalue weighted by molar-refractivity contribution is -0.133. The molecular weight excluding hydrogens is 576 g/mol. The lowest BCUT2D eigenvalue weighted by Crippen LogP contribution is -2.40. The fourth-order valence-corrected chi connectivity index (χ4v) is 7.55. The van der Waals surface area contributed by atoms with E-state index in [2.05, 4.69) is 62.7 Å². The van der Waals surface area contributed by atoms with Crippen LogP contribution in [-0.4, -0.2) is 28.9 Å². The van der Waals surface area contributed by atoms with Crippen LogP contribution in [0.5, 0.6) is 0 Å². The number of hydrogen-bond donors (Lipinski definition) is 0. The average molecular weight is 611 g/mol. The van der Waals surface area contributed by atoms with E-state index in [0.29, 0.717) is 24.2 Å². The molecule has 0 N–H and O–H groups in total. The molecule has 6 heteroatoms. The van der Waals surface area contributed by atoms with Crippen molar-refractivity contribution in [2.75, 3.05) is 13.1 Å². The second-order valence-corrected chi connectivity index (χ2v) is 12.2. The van der Waals surface area contributed by atoms with E-state index in [1.54, 1.807) is 0 Å². The van der Waals surface area contributed by atoms with Crippen molar-refractivity contribution in [3.8, 4) is 0 Å². The van der Waals surface area contributed by atoms with E-state index in [1.807, 2.05) is 12.3 Å². The first-order valence-corrected chi connectivity index (χ1v) is 14.8. The van der Waals surface area contributed by atoms with Crippen LogP contribution < -0.4 is 0 Å². The molecule has 1 aliphatic heterocycles. The molecule has 2 heterocycles. The SMILES string of the molecule is CCCC(CCC)CC(=O)N1CCC([C@H]2c3ncc(Br)cc3CCc3cc(Cl)cc(Br)c32)CC1. The summed E-state index contributed by atoms with van der Waals surface area (Å²) < 4.78 is 2.11. The van der Waals surface area contributed by atoms with E-state index in [0.717, 1.165) is 78.4 Å². The summed E-state index contributed by atoms with van der Waals surface area (Å²) >= 11 is 13.9. The van der Waals surface area contributed by atoms with Crippen LogP contribution in [-0.2, 0) is 17.6 Å². The van der Waals surface area contributed by atoms with Gasteiger partial charge in [0.15, 0.2) is 0 Å². The third-order valence-corrected chi connectivity index (χ3v) is 8.95. The van der Waals surface area contributed by atoms with Crippen molar-refractivity contribution in [1.82, 2.24) is 9.88 Å². The Hall–Kier alpha value is -0.910. The highest BCUT2D eigenvalue weighted by Crippen LogP contribution is 2.46. The number of fused-ring (bicyclic) bond motifs is 2. The van der Waals surface area contributed by atoms with E-state index in [9.17, 15) is 4.79 Å². The first-order chi connectivity index (χ1) is 16.4. The van der Waals surface area contributed by atoms with E-state index < -0.39 is 0 Å². The Morgan fingerprint density at radius 1 is 1.09 bits per heavy atom. The minimum Gasteiger partial charge on any atom is -0.343 e. The Morgan fingerprint density at radius 2 is 1.76 bits per heavy atom. The minimum absolute atomic E-state index is 0.220. The number of pyridine rings is 1. The molecule has 0 unspecified atom stereocenters. The van der Waals surface area contributed by atoms with Gasteiger partial charge < -0.3 is 4.90 Å². The van der Waals surface area contributed by atoms with E-state index in [1.165, 1.54) is 22.4 Å². The molecule has 4 rings (SSSR count). The maximum atomic E-state index is 13.1. The van der Waals surface area contributed by atoms with Gasteiger partial charge in [0.25, 0.3) is 0 Å². The number of nitrogens with zero attached hydrogens (tertiary/aromatic N) is 2. The molecule has 3 nitrogen and oxygen atoms in total. The van der Waals surface area contributed by atoms with Crippen LogP contribution in [0.4, 0.5) is 0 Å². The van der Waals surface area contributed by atoms with Crippen molar-refractivity contribution in [3.63, 3.8) is 0 Å². The van der Waals surface area contributed by atoms with Crippen LogP contribution in [0.2, 0.25) is 5.02 Å². The molecule has 1 atom stereocenters. The Bertz CT molecular complexity index is 1010. The van der Waals surface area contributed by atoms with Gasteiger partial charge in [-0.25, -0.2) is 0 Å². The first kappa shape index (κ1) is 26.2. The fourth-order valence-electron chi connectivity index (χ4n) is 6.05. The molecule has 34 heavy (non-hydrogen) atoms. The van der Waals surface area contributed by atoms with Gasteiger partial charge in [0.05, 0.1) is 5.69 Å². The number of halogens is 3. The number of aromatic nitrogens is 1. The van der Waals surface area contributed by atoms with Crippen LogP contribution in [0.3, 0.4) is 0 Å². The van der Waals surface area contributed by atoms with Gasteiger partial charge in [-0.2, -0.15) is 0 Å². The summed E-state index contributed by atoms with van der Waals surface area (Å²) in [6.07, 6.45) is 11.2. The molecule has 0 radical (unpaired) electrons. The monoisotopic (exact) mass is 608 g/mol. The summed E-state index contributed by atoms with van der Waals surface area (Å²) in [6, 6.07) is 6.39. The summed E-state index contributed by atoms with van der Waals surface area (Å²) in [6.45, 7) is 6.13. The van der Waals surface area contributed by atoms with Gasteiger partial charge in [-0.05, 0) is 88.3 Å². The third-order valence-electron chi connectivity index (χ3n) is 7.64. The molecule has 2 aliphatic rings. The maximum absolute atomic E-state index is 13.1. The highest BCUT2D eigenvalue weighted by Gasteiger charge is 2.36. The van der Waals surface area contributed by atoms with Gasteiger partial charge >= 0.3 is 0 Å². The molecule has 2 aromatic rings. The standard InChI is InChI=1S/C28H35Br2ClN2O/c1-3-5-18(6-4-2)13-25(34)33-11-9-19(10-12-33)27-26-20(15-23(31)16-24(26)30)7-8-21-14-22(29)17-32-28(21)27/h14-19,27H,3-13H2,1-2H3/t27-/m1/s1. The van der Waals surface area contributed by atoms with E-state index >= 15 is 0 Å². The Balaban J connectivity index is 1.56. The molecule has 1 fully saturated rings. The largest absolute Gasteiger partial charge is 0.343 e. The maximum Gasteiger partial charge on any atom is 0.222 e. The lowest BCUT2D eigenvalue weighted by Gasteiger charge is -2.37. The summed E-state index contributed by atoms with van der Waals surface area (Å²) in [5, 5.41) is 0.776. The Labute approximate surface area is 226 Å². The summed E-state index contributed by atoms with van der Waals surface area (Å²) in [7, 11) is 0. The number of piperidine rings is 1. The van der Waals surface area contributed by atoms with Crippen molar-refractivity contribution in [2.24, 2.45) is 11.8 Å². The molecule has 1 aromatic heterocycles. The second-order valence-electron chi connectivity index (χ2n) is 10.0. The minimum atomic E-state index is 0.220. The summed E-state index contributed by atoms with van der Waals surface area (Å²) in [5.41, 5.74) is 5.17. The van der Waals surface area contributed by atoms with Crippen LogP contribution in [0.1, 0.15) is 87.1 Å². The number of aryl methyl sites for hydroxylation is 2. The molecule has 1 aliphatic carbocycles. The lowest BCUT2D eigenvalue weighted by atomic mass is 9.76. The van der Waals surface area contributed by atoms with Gasteiger partial charge in [-0.3, -0.25) is 9.78 Å². The van der Waals surface area contributed by atoms with Crippen molar-refractivity contribution in [2.45, 2.75) is 77.6 Å². The normalized spacial score (nSPS) is 18.5. The van der Waals surface area contributed by atoms with Crippen molar-refractivity contribution >= 4 is 49.4 Å². The topological polar surface area (TPSA) is 33.2 Å². The number of carbonyl (C=O) groups excluding carboxylic acids is 1. The number of benzene rings is 1. The number of likely N-dealkylation sites (tertiary alicyclic amines) is 1. The number of carbonyl (C=O) groups is 1. The number of hydrogen-bond acceptors (Lipinski definition) is 2. The first-order valence-electron chi connectivity index (χ1n) is 12.8. The second kappa shape index (κ2) is 11.9. The van der Waals surface area contributed by atoms with Crippen LogP contribution in [0.15, 0.2) is 33.3 Å². The molecular formula is C28H35Br2ClN2O. The zero-order valence-electron chi connectivity index (χ0n) is 20.3. The molecule has 0 spiro atoms. The quantitative estimate of drug-likeness (QED) is 0.316. The number of amides is 1. The highest BCUT2D eigenvalue weighted by molar-refractivity contribution is 9.10. The van der Waals surface area contributed by atoms with E-state index in [4.69, 9.17) is 16.6 Å². The van der Waals surface area contributed by atoms with Crippen molar-refractivity contribution in [1.29, 1.82) is 0 Å². The Morgan fingerprint density at radius 3 is 2.44 bits per heavy atom. The zero-order valence-corrected chi connectivity index (χ0v) is 24.2. The predicted molar refractivity (Wildman–Crippen MR) is 148 cm³/mol. The van der Waals surface area contributed by atoms with Crippen molar-refractivity contribution < 1.29 is 4.79 Å². The smallest absolute Gasteiger partial charge is 0.222 e. The molecule has 1 saturated heterocycles. The molecule has 1 aromatic carbocycles. The Kier molecular flexibility index (Phi) is 9.14. The van der Waals surface area contributed by atoms with Crippen molar-refractivity contribution in [3.05, 3.63) is 60.7 Å². The molecule has 0 saturated carbocycles. The van der Waals surface area contributed by atoms with Crippen LogP contribution >= 0.6 is 43.5 Å². The van der Waals surface area contributed by atoms with Gasteiger partial charge in [-0.15, -0.1) is 0 Å². The number of rotatable bonds is 7. The van der Waals surface area contributed by atoms with Gasteiger partial charge in [0.2, 0.25) is 5.91 Å². The van der Waals surface area contributed by atoms with Gasteiger partial charge in [-0.1, -0.05) is 67.1 Å². The molecule has 184 valence electrons. The zero-order chi connectivity index (χ0) is 24.2. The van der Waals surface area contributed by atoms with E-state index in [-0.39, 0.29) is 5.92 Å². The van der Waals surface area contributed by atoms with Gasteiger partial charge in [0.1, 0.15) is 0 Å². The highest BCUT2D eigenvalue weighted by atomic mass is 79.9.